The van der Waals surface area contributed by atoms with Gasteiger partial charge in [0.2, 0.25) is 0 Å². The van der Waals surface area contributed by atoms with Gasteiger partial charge in [-0.25, -0.2) is 4.79 Å². The van der Waals surface area contributed by atoms with E-state index in [9.17, 15) is 14.9 Å². The van der Waals surface area contributed by atoms with Gasteiger partial charge in [0, 0.05) is 18.3 Å². The van der Waals surface area contributed by atoms with Gasteiger partial charge in [0.25, 0.3) is 5.69 Å². The van der Waals surface area contributed by atoms with Crippen molar-refractivity contribution in [3.8, 4) is 0 Å². The number of aryl methyl sites for hydroxylation is 1. The smallest absolute Gasteiger partial charge is 0.330 e. The van der Waals surface area contributed by atoms with Crippen molar-refractivity contribution in [2.75, 3.05) is 31.8 Å². The molecule has 1 unspecified atom stereocenters. The Morgan fingerprint density at radius 3 is 2.90 bits per heavy atom. The average Bonchev–Trinajstić information content (AvgIpc) is 2.48. The van der Waals surface area contributed by atoms with E-state index in [1.807, 2.05) is 0 Å². The van der Waals surface area contributed by atoms with Gasteiger partial charge in [-0.15, -0.1) is 0 Å². The highest BCUT2D eigenvalue weighted by Gasteiger charge is 2.32. The van der Waals surface area contributed by atoms with Crippen molar-refractivity contribution >= 4 is 28.9 Å². The highest BCUT2D eigenvalue weighted by Crippen LogP contribution is 2.34. The number of methoxy groups -OCH3 is 1. The molecular weight excluding hydrogens is 300 g/mol. The number of nitro benzene ring substituents is 1. The monoisotopic (exact) mass is 314 g/mol. The summed E-state index contributed by atoms with van der Waals surface area (Å²) in [5.41, 5.74) is 1.19. The average molecular weight is 315 g/mol. The standard InChI is InChI=1S/C13H15ClN2O5/c1-8-5-11(16(18)19)9(14)6-10(8)15-3-4-21-7-12(15)13(17)20-2/h5-6,12H,3-4,7H2,1-2H3. The Bertz CT molecular complexity index is 578. The van der Waals surface area contributed by atoms with Crippen LogP contribution in [0.3, 0.4) is 0 Å². The highest BCUT2D eigenvalue weighted by molar-refractivity contribution is 6.33. The number of ether oxygens (including phenoxy) is 2. The molecule has 1 aromatic carbocycles. The molecule has 7 nitrogen and oxygen atoms in total. The summed E-state index contributed by atoms with van der Waals surface area (Å²) in [4.78, 5) is 24.0. The van der Waals surface area contributed by atoms with E-state index in [-0.39, 0.29) is 17.3 Å². The van der Waals surface area contributed by atoms with Crippen molar-refractivity contribution < 1.29 is 19.2 Å². The number of morpholine rings is 1. The molecule has 0 radical (unpaired) electrons. The summed E-state index contributed by atoms with van der Waals surface area (Å²) >= 11 is 5.96. The first kappa shape index (κ1) is 15.5. The highest BCUT2D eigenvalue weighted by atomic mass is 35.5. The van der Waals surface area contributed by atoms with Crippen LogP contribution in [0, 0.1) is 17.0 Å². The second kappa shape index (κ2) is 6.28. The molecule has 21 heavy (non-hydrogen) atoms. The summed E-state index contributed by atoms with van der Waals surface area (Å²) < 4.78 is 10.1. The van der Waals surface area contributed by atoms with Crippen LogP contribution in [0.4, 0.5) is 11.4 Å². The van der Waals surface area contributed by atoms with Crippen molar-refractivity contribution in [2.24, 2.45) is 0 Å². The molecule has 1 heterocycles. The van der Waals surface area contributed by atoms with Crippen LogP contribution >= 0.6 is 11.6 Å². The van der Waals surface area contributed by atoms with Gasteiger partial charge in [0.05, 0.1) is 25.2 Å². The molecule has 0 spiro atoms. The van der Waals surface area contributed by atoms with Crippen molar-refractivity contribution in [2.45, 2.75) is 13.0 Å². The first-order valence-electron chi connectivity index (χ1n) is 6.32. The number of halogens is 1. The second-order valence-corrected chi connectivity index (χ2v) is 5.06. The van der Waals surface area contributed by atoms with E-state index in [0.717, 1.165) is 0 Å². The SMILES string of the molecule is COC(=O)C1COCCN1c1cc(Cl)c([N+](=O)[O-])cc1C. The Morgan fingerprint density at radius 1 is 1.57 bits per heavy atom. The number of nitrogens with zero attached hydrogens (tertiary/aromatic N) is 2. The zero-order valence-electron chi connectivity index (χ0n) is 11.7. The van der Waals surface area contributed by atoms with E-state index in [1.54, 1.807) is 11.8 Å². The number of benzene rings is 1. The van der Waals surface area contributed by atoms with E-state index in [1.165, 1.54) is 19.2 Å². The summed E-state index contributed by atoms with van der Waals surface area (Å²) in [6.45, 7) is 2.89. The number of nitro groups is 1. The normalized spacial score (nSPS) is 18.4. The number of esters is 1. The molecule has 8 heteroatoms. The maximum Gasteiger partial charge on any atom is 0.330 e. The maximum absolute atomic E-state index is 11.8. The van der Waals surface area contributed by atoms with E-state index in [0.29, 0.717) is 24.4 Å². The molecule has 1 fully saturated rings. The van der Waals surface area contributed by atoms with Crippen LogP contribution in [-0.2, 0) is 14.3 Å². The predicted octanol–water partition coefficient (Wildman–Crippen LogP) is 1.93. The molecule has 0 bridgehead atoms. The first-order chi connectivity index (χ1) is 9.95. The van der Waals surface area contributed by atoms with Crippen LogP contribution in [0.2, 0.25) is 5.02 Å². The first-order valence-corrected chi connectivity index (χ1v) is 6.70. The van der Waals surface area contributed by atoms with Crippen molar-refractivity contribution in [3.63, 3.8) is 0 Å². The molecule has 0 saturated carbocycles. The quantitative estimate of drug-likeness (QED) is 0.482. The fourth-order valence-electron chi connectivity index (χ4n) is 2.33. The van der Waals surface area contributed by atoms with Gasteiger partial charge in [-0.1, -0.05) is 11.6 Å². The molecule has 2 rings (SSSR count). The van der Waals surface area contributed by atoms with Gasteiger partial charge in [-0.2, -0.15) is 0 Å². The van der Waals surface area contributed by atoms with Gasteiger partial charge >= 0.3 is 5.97 Å². The zero-order valence-corrected chi connectivity index (χ0v) is 12.4. The third-order valence-corrected chi connectivity index (χ3v) is 3.68. The molecule has 114 valence electrons. The minimum absolute atomic E-state index is 0.0377. The third-order valence-electron chi connectivity index (χ3n) is 3.37. The van der Waals surface area contributed by atoms with Crippen LogP contribution in [0.5, 0.6) is 0 Å². The topological polar surface area (TPSA) is 81.9 Å². The number of carbonyl (C=O) groups is 1. The number of hydrogen-bond acceptors (Lipinski definition) is 6. The third kappa shape index (κ3) is 3.08. The molecule has 1 aromatic rings. The van der Waals surface area contributed by atoms with Gasteiger partial charge in [0.1, 0.15) is 5.02 Å². The van der Waals surface area contributed by atoms with E-state index in [4.69, 9.17) is 21.1 Å². The summed E-state index contributed by atoms with van der Waals surface area (Å²) in [6.07, 6.45) is 0. The van der Waals surface area contributed by atoms with Gasteiger partial charge in [-0.05, 0) is 18.6 Å². The van der Waals surface area contributed by atoms with Gasteiger partial charge in [-0.3, -0.25) is 10.1 Å². The molecule has 0 aromatic heterocycles. The molecule has 1 aliphatic heterocycles. The van der Waals surface area contributed by atoms with Crippen LogP contribution in [0.1, 0.15) is 5.56 Å². The summed E-state index contributed by atoms with van der Waals surface area (Å²) in [5, 5.41) is 10.9. The summed E-state index contributed by atoms with van der Waals surface area (Å²) in [7, 11) is 1.31. The van der Waals surface area contributed by atoms with Gasteiger partial charge < -0.3 is 14.4 Å². The summed E-state index contributed by atoms with van der Waals surface area (Å²) in [5.74, 6) is -0.413. The van der Waals surface area contributed by atoms with E-state index in [2.05, 4.69) is 0 Å². The Hall–Kier alpha value is -1.86. The largest absolute Gasteiger partial charge is 0.467 e. The lowest BCUT2D eigenvalue weighted by Gasteiger charge is -2.36. The lowest BCUT2D eigenvalue weighted by Crippen LogP contribution is -2.50. The fourth-order valence-corrected chi connectivity index (χ4v) is 2.56. The molecule has 0 amide bonds. The second-order valence-electron chi connectivity index (χ2n) is 4.65. The van der Waals surface area contributed by atoms with Crippen molar-refractivity contribution in [1.82, 2.24) is 0 Å². The number of anilines is 1. The molecule has 1 saturated heterocycles. The maximum atomic E-state index is 11.8. The molecule has 1 atom stereocenters. The van der Waals surface area contributed by atoms with Crippen LogP contribution in [0.25, 0.3) is 0 Å². The van der Waals surface area contributed by atoms with Crippen molar-refractivity contribution in [1.29, 1.82) is 0 Å². The molecule has 0 N–H and O–H groups in total. The molecule has 0 aliphatic carbocycles. The lowest BCUT2D eigenvalue weighted by molar-refractivity contribution is -0.384. The van der Waals surface area contributed by atoms with Crippen LogP contribution < -0.4 is 4.90 Å². The number of carbonyl (C=O) groups excluding carboxylic acids is 1. The summed E-state index contributed by atoms with van der Waals surface area (Å²) in [6, 6.07) is 2.33. The van der Waals surface area contributed by atoms with E-state index < -0.39 is 16.9 Å². The van der Waals surface area contributed by atoms with Crippen LogP contribution in [-0.4, -0.2) is 43.8 Å². The Kier molecular flexibility index (Phi) is 4.64. The number of hydrogen-bond donors (Lipinski definition) is 0. The molecular formula is C13H15ClN2O5. The Morgan fingerprint density at radius 2 is 2.29 bits per heavy atom. The van der Waals surface area contributed by atoms with Crippen LogP contribution in [0.15, 0.2) is 12.1 Å². The van der Waals surface area contributed by atoms with Crippen molar-refractivity contribution in [3.05, 3.63) is 32.8 Å². The lowest BCUT2D eigenvalue weighted by atomic mass is 10.1. The Balaban J connectivity index is 2.41. The minimum Gasteiger partial charge on any atom is -0.467 e. The fraction of sp³-hybridized carbons (Fsp3) is 0.462. The van der Waals surface area contributed by atoms with Gasteiger partial charge in [0.15, 0.2) is 6.04 Å². The predicted molar refractivity (Wildman–Crippen MR) is 76.8 cm³/mol. The minimum atomic E-state index is -0.583. The number of rotatable bonds is 3. The Labute approximate surface area is 126 Å². The molecule has 1 aliphatic rings. The van der Waals surface area contributed by atoms with E-state index >= 15 is 0 Å². The zero-order chi connectivity index (χ0) is 15.6.